The van der Waals surface area contributed by atoms with Gasteiger partial charge in [0.05, 0.1) is 33.9 Å². The highest BCUT2D eigenvalue weighted by Gasteiger charge is 2.36. The van der Waals surface area contributed by atoms with Gasteiger partial charge in [-0.05, 0) is 102 Å². The molecule has 0 saturated carbocycles. The molecule has 4 aromatic carbocycles. The van der Waals surface area contributed by atoms with Crippen molar-refractivity contribution >= 4 is 70.0 Å². The molecule has 2 amide bonds. The first kappa shape index (κ1) is 46.2. The third kappa shape index (κ3) is 9.99. The van der Waals surface area contributed by atoms with Gasteiger partial charge >= 0.3 is 11.9 Å². The zero-order valence-electron chi connectivity index (χ0n) is 36.9. The van der Waals surface area contributed by atoms with E-state index in [1.54, 1.807) is 12.1 Å². The van der Waals surface area contributed by atoms with Gasteiger partial charge in [0.15, 0.2) is 11.5 Å². The molecule has 0 spiro atoms. The number of likely N-dealkylation sites (N-methyl/N-ethyl adjacent to an activating group) is 2. The summed E-state index contributed by atoms with van der Waals surface area (Å²) in [6.45, 7) is 22.0. The number of carbonyl (C=O) groups excluding carboxylic acids is 4. The molecule has 4 aromatic rings. The Hall–Kier alpha value is -5.28. The number of nitrogens with zero attached hydrogens (tertiary/aromatic N) is 4. The lowest BCUT2D eigenvalue weighted by Gasteiger charge is -2.40. The van der Waals surface area contributed by atoms with Crippen molar-refractivity contribution < 1.29 is 28.7 Å². The SMILES string of the molecule is CCNC(=O)c1ccc2c(c1OC(=O)/C=C/C(=O)Oc1c(C(=O)NCC)ccc3c1N([C@@H](C)CN(CC)CC)c1ccccc1S3)N([C@@H](C)CN(CC)CC)c1ccccc1S2. The Morgan fingerprint density at radius 1 is 0.565 bits per heavy atom. The van der Waals surface area contributed by atoms with Crippen molar-refractivity contribution in [1.82, 2.24) is 20.4 Å². The second-order valence-corrected chi connectivity index (χ2v) is 17.2. The molecule has 2 heterocycles. The van der Waals surface area contributed by atoms with Crippen molar-refractivity contribution in [3.8, 4) is 11.5 Å². The summed E-state index contributed by atoms with van der Waals surface area (Å²) in [6, 6.07) is 23.0. The fraction of sp³-hybridized carbons (Fsp3) is 0.375. The van der Waals surface area contributed by atoms with E-state index < -0.39 is 23.8 Å². The zero-order chi connectivity index (χ0) is 44.5. The predicted molar refractivity (Wildman–Crippen MR) is 249 cm³/mol. The highest BCUT2D eigenvalue weighted by Crippen LogP contribution is 2.55. The Labute approximate surface area is 374 Å². The van der Waals surface area contributed by atoms with Gasteiger partial charge in [-0.1, -0.05) is 75.5 Å². The quantitative estimate of drug-likeness (QED) is 0.0564. The molecule has 0 radical (unpaired) electrons. The number of rotatable bonds is 18. The van der Waals surface area contributed by atoms with Crippen molar-refractivity contribution in [3.05, 3.63) is 96.1 Å². The summed E-state index contributed by atoms with van der Waals surface area (Å²) in [4.78, 5) is 67.8. The Morgan fingerprint density at radius 3 is 1.29 bits per heavy atom. The number of hydrogen-bond acceptors (Lipinski definition) is 12. The molecule has 0 aromatic heterocycles. The minimum absolute atomic E-state index is 0.0847. The second-order valence-electron chi connectivity index (χ2n) is 15.0. The van der Waals surface area contributed by atoms with Gasteiger partial charge < -0.3 is 39.7 Å². The largest absolute Gasteiger partial charge is 0.420 e. The first-order valence-corrected chi connectivity index (χ1v) is 23.2. The van der Waals surface area contributed by atoms with Gasteiger partial charge in [-0.2, -0.15) is 0 Å². The summed E-state index contributed by atoms with van der Waals surface area (Å²) in [6.07, 6.45) is 2.01. The Kier molecular flexibility index (Phi) is 15.8. The standard InChI is InChI=1S/C48H58N6O6S2/c1-9-49-47(57)33-23-25-39-43(53(31(7)29-51(11-3)12-4)35-19-15-17-21-37(35)61-39)45(33)59-41(55)27-28-42(56)60-46-34(48(58)50-10-2)24-26-40-44(46)54(32(8)30-52(13-5)14-6)36-20-16-18-22-38(36)62-40/h15-28,31-32H,9-14,29-30H2,1-8H3,(H,49,57)(H,50,58)/b28-27+/t31-,32-/m0/s1. The van der Waals surface area contributed by atoms with Gasteiger partial charge in [0.25, 0.3) is 11.8 Å². The summed E-state index contributed by atoms with van der Waals surface area (Å²) in [5.74, 6) is -2.36. The first-order valence-electron chi connectivity index (χ1n) is 21.6. The van der Waals surface area contributed by atoms with Crippen LogP contribution in [-0.4, -0.2) is 98.0 Å². The molecule has 2 aliphatic heterocycles. The van der Waals surface area contributed by atoms with Crippen LogP contribution in [0.5, 0.6) is 11.5 Å². The van der Waals surface area contributed by atoms with Gasteiger partial charge in [-0.25, -0.2) is 9.59 Å². The van der Waals surface area contributed by atoms with Crippen molar-refractivity contribution in [3.63, 3.8) is 0 Å². The summed E-state index contributed by atoms with van der Waals surface area (Å²) in [5.41, 5.74) is 3.44. The number of benzene rings is 4. The molecule has 0 unspecified atom stereocenters. The smallest absolute Gasteiger partial charge is 0.336 e. The minimum Gasteiger partial charge on any atom is -0.420 e. The number of amides is 2. The molecule has 2 aliphatic rings. The maximum Gasteiger partial charge on any atom is 0.336 e. The van der Waals surface area contributed by atoms with Gasteiger partial charge in [0, 0.05) is 70.0 Å². The number of para-hydroxylation sites is 2. The van der Waals surface area contributed by atoms with Crippen LogP contribution < -0.4 is 29.9 Å². The summed E-state index contributed by atoms with van der Waals surface area (Å²) in [7, 11) is 0. The maximum absolute atomic E-state index is 13.9. The summed E-state index contributed by atoms with van der Waals surface area (Å²) < 4.78 is 12.3. The molecule has 0 aliphatic carbocycles. The normalized spacial score (nSPS) is 13.8. The van der Waals surface area contributed by atoms with E-state index >= 15 is 0 Å². The molecule has 2 N–H and O–H groups in total. The van der Waals surface area contributed by atoms with E-state index in [9.17, 15) is 19.2 Å². The average Bonchev–Trinajstić information content (AvgIpc) is 3.27. The number of ether oxygens (including phenoxy) is 2. The van der Waals surface area contributed by atoms with E-state index in [0.717, 1.165) is 69.3 Å². The van der Waals surface area contributed by atoms with Gasteiger partial charge in [0.2, 0.25) is 0 Å². The third-order valence-electron chi connectivity index (χ3n) is 11.0. The topological polar surface area (TPSA) is 124 Å². The lowest BCUT2D eigenvalue weighted by Crippen LogP contribution is -2.41. The maximum atomic E-state index is 13.9. The van der Waals surface area contributed by atoms with Crippen LogP contribution in [0, 0.1) is 0 Å². The van der Waals surface area contributed by atoms with Crippen LogP contribution in [-0.2, 0) is 9.59 Å². The monoisotopic (exact) mass is 878 g/mol. The molecule has 62 heavy (non-hydrogen) atoms. The van der Waals surface area contributed by atoms with Crippen molar-refractivity contribution in [2.75, 3.05) is 62.2 Å². The van der Waals surface area contributed by atoms with Crippen LogP contribution in [0.2, 0.25) is 0 Å². The van der Waals surface area contributed by atoms with E-state index in [2.05, 4.69) is 83.9 Å². The van der Waals surface area contributed by atoms with Gasteiger partial charge in [-0.3, -0.25) is 9.59 Å². The average molecular weight is 879 g/mol. The molecule has 0 fully saturated rings. The molecule has 2 atom stereocenters. The number of fused-ring (bicyclic) bond motifs is 4. The number of carbonyl (C=O) groups is 4. The number of esters is 2. The van der Waals surface area contributed by atoms with Crippen LogP contribution >= 0.6 is 23.5 Å². The number of hydrogen-bond donors (Lipinski definition) is 2. The van der Waals surface area contributed by atoms with E-state index in [4.69, 9.17) is 9.47 Å². The van der Waals surface area contributed by atoms with Gasteiger partial charge in [0.1, 0.15) is 0 Å². The van der Waals surface area contributed by atoms with E-state index in [-0.39, 0.29) is 34.7 Å². The van der Waals surface area contributed by atoms with E-state index in [0.29, 0.717) is 37.6 Å². The van der Waals surface area contributed by atoms with Crippen LogP contribution in [0.15, 0.2) is 105 Å². The zero-order valence-corrected chi connectivity index (χ0v) is 38.6. The van der Waals surface area contributed by atoms with E-state index in [1.807, 2.05) is 62.4 Å². The Bertz CT molecular complexity index is 2150. The van der Waals surface area contributed by atoms with E-state index in [1.165, 1.54) is 23.5 Å². The Morgan fingerprint density at radius 2 is 0.935 bits per heavy atom. The molecule has 14 heteroatoms. The second kappa shape index (κ2) is 21.2. The summed E-state index contributed by atoms with van der Waals surface area (Å²) in [5, 5.41) is 5.72. The molecular weight excluding hydrogens is 821 g/mol. The molecule has 0 saturated heterocycles. The lowest BCUT2D eigenvalue weighted by molar-refractivity contribution is -0.131. The minimum atomic E-state index is -0.876. The molecule has 0 bridgehead atoms. The van der Waals surface area contributed by atoms with Crippen LogP contribution in [0.25, 0.3) is 0 Å². The third-order valence-corrected chi connectivity index (χ3v) is 13.2. The highest BCUT2D eigenvalue weighted by molar-refractivity contribution is 8.00. The van der Waals surface area contributed by atoms with Crippen LogP contribution in [0.3, 0.4) is 0 Å². The first-order chi connectivity index (χ1) is 30.0. The fourth-order valence-electron chi connectivity index (χ4n) is 7.96. The number of anilines is 4. The van der Waals surface area contributed by atoms with Crippen LogP contribution in [0.1, 0.15) is 76.1 Å². The van der Waals surface area contributed by atoms with Crippen molar-refractivity contribution in [2.45, 2.75) is 87.1 Å². The highest BCUT2D eigenvalue weighted by atomic mass is 32.2. The lowest BCUT2D eigenvalue weighted by atomic mass is 10.1. The fourth-order valence-corrected chi connectivity index (χ4v) is 10.1. The van der Waals surface area contributed by atoms with Crippen molar-refractivity contribution in [2.24, 2.45) is 0 Å². The molecule has 328 valence electrons. The van der Waals surface area contributed by atoms with Crippen molar-refractivity contribution in [1.29, 1.82) is 0 Å². The molecule has 6 rings (SSSR count). The predicted octanol–water partition coefficient (Wildman–Crippen LogP) is 8.92. The van der Waals surface area contributed by atoms with Crippen LogP contribution in [0.4, 0.5) is 22.7 Å². The Balaban J connectivity index is 1.37. The number of nitrogens with one attached hydrogen (secondary N) is 2. The summed E-state index contributed by atoms with van der Waals surface area (Å²) >= 11 is 3.08. The molecular formula is C48H58N6O6S2. The van der Waals surface area contributed by atoms with Gasteiger partial charge in [-0.15, -0.1) is 0 Å². The molecule has 12 nitrogen and oxygen atoms in total.